The Balaban J connectivity index is 2.23. The fourth-order valence-electron chi connectivity index (χ4n) is 2.54. The lowest BCUT2D eigenvalue weighted by Gasteiger charge is -2.22. The molecule has 0 fully saturated rings. The molecule has 0 spiro atoms. The monoisotopic (exact) mass is 298 g/mol. The van der Waals surface area contributed by atoms with Gasteiger partial charge < -0.3 is 10.6 Å². The molecule has 0 saturated carbocycles. The third kappa shape index (κ3) is 3.82. The van der Waals surface area contributed by atoms with E-state index in [2.05, 4.69) is 63.1 Å². The summed E-state index contributed by atoms with van der Waals surface area (Å²) in [6.45, 7) is 7.23. The first-order chi connectivity index (χ1) is 9.86. The molecule has 0 atom stereocenters. The third-order valence-electron chi connectivity index (χ3n) is 3.68. The number of thiocarbonyl (C=S) groups is 1. The minimum absolute atomic E-state index is 0.451. The van der Waals surface area contributed by atoms with Crippen LogP contribution in [0.5, 0.6) is 0 Å². The van der Waals surface area contributed by atoms with E-state index in [0.717, 1.165) is 12.1 Å². The van der Waals surface area contributed by atoms with E-state index in [1.807, 2.05) is 6.07 Å². The maximum atomic E-state index is 5.68. The van der Waals surface area contributed by atoms with Crippen LogP contribution in [0.4, 0.5) is 5.69 Å². The molecular weight excluding hydrogens is 276 g/mol. The quantitative estimate of drug-likeness (QED) is 0.869. The van der Waals surface area contributed by atoms with Crippen LogP contribution in [0.25, 0.3) is 0 Å². The highest BCUT2D eigenvalue weighted by molar-refractivity contribution is 7.80. The molecule has 0 aliphatic heterocycles. The summed E-state index contributed by atoms with van der Waals surface area (Å²) < 4.78 is 0. The second-order valence-electron chi connectivity index (χ2n) is 5.71. The number of anilines is 1. The first kappa shape index (κ1) is 15.5. The highest BCUT2D eigenvalue weighted by Gasteiger charge is 2.07. The summed E-state index contributed by atoms with van der Waals surface area (Å²) in [6, 6.07) is 12.8. The van der Waals surface area contributed by atoms with Crippen LogP contribution in [0.2, 0.25) is 0 Å². The topological polar surface area (TPSA) is 29.3 Å². The molecule has 0 heterocycles. The van der Waals surface area contributed by atoms with E-state index in [0.29, 0.717) is 4.99 Å². The van der Waals surface area contributed by atoms with Crippen LogP contribution in [-0.4, -0.2) is 12.0 Å². The zero-order chi connectivity index (χ0) is 15.6. The van der Waals surface area contributed by atoms with Crippen molar-refractivity contribution < 1.29 is 0 Å². The predicted molar refractivity (Wildman–Crippen MR) is 95.1 cm³/mol. The molecule has 2 aromatic carbocycles. The van der Waals surface area contributed by atoms with Crippen molar-refractivity contribution in [3.8, 4) is 0 Å². The van der Waals surface area contributed by atoms with Gasteiger partial charge in [-0.25, -0.2) is 0 Å². The number of aryl methyl sites for hydroxylation is 3. The van der Waals surface area contributed by atoms with Gasteiger partial charge in [0, 0.05) is 24.8 Å². The maximum Gasteiger partial charge on any atom is 0.103 e. The second-order valence-corrected chi connectivity index (χ2v) is 6.15. The molecule has 0 radical (unpaired) electrons. The molecule has 0 amide bonds. The van der Waals surface area contributed by atoms with Crippen LogP contribution in [-0.2, 0) is 6.54 Å². The zero-order valence-electron chi connectivity index (χ0n) is 13.1. The third-order valence-corrected chi connectivity index (χ3v) is 3.92. The van der Waals surface area contributed by atoms with Crippen molar-refractivity contribution in [2.24, 2.45) is 5.73 Å². The normalized spacial score (nSPS) is 10.5. The summed E-state index contributed by atoms with van der Waals surface area (Å²) in [5.41, 5.74) is 12.9. The van der Waals surface area contributed by atoms with Gasteiger partial charge in [-0.3, -0.25) is 0 Å². The van der Waals surface area contributed by atoms with Gasteiger partial charge in [-0.1, -0.05) is 30.4 Å². The van der Waals surface area contributed by atoms with Crippen LogP contribution in [0, 0.1) is 20.8 Å². The molecule has 0 saturated heterocycles. The average Bonchev–Trinajstić information content (AvgIpc) is 2.39. The van der Waals surface area contributed by atoms with Gasteiger partial charge in [-0.15, -0.1) is 0 Å². The van der Waals surface area contributed by atoms with Crippen molar-refractivity contribution >= 4 is 22.9 Å². The van der Waals surface area contributed by atoms with Crippen LogP contribution in [0.3, 0.4) is 0 Å². The van der Waals surface area contributed by atoms with E-state index in [4.69, 9.17) is 18.0 Å². The van der Waals surface area contributed by atoms with Crippen molar-refractivity contribution in [1.29, 1.82) is 0 Å². The molecule has 0 unspecified atom stereocenters. The highest BCUT2D eigenvalue weighted by atomic mass is 32.1. The smallest absolute Gasteiger partial charge is 0.103 e. The Labute approximate surface area is 132 Å². The van der Waals surface area contributed by atoms with Crippen molar-refractivity contribution in [2.75, 3.05) is 11.9 Å². The highest BCUT2D eigenvalue weighted by Crippen LogP contribution is 2.21. The van der Waals surface area contributed by atoms with Crippen LogP contribution in [0.1, 0.15) is 27.8 Å². The van der Waals surface area contributed by atoms with Crippen molar-refractivity contribution in [2.45, 2.75) is 27.3 Å². The summed E-state index contributed by atoms with van der Waals surface area (Å²) in [7, 11) is 2.12. The summed E-state index contributed by atoms with van der Waals surface area (Å²) >= 11 is 5.03. The van der Waals surface area contributed by atoms with Gasteiger partial charge in [0.15, 0.2) is 0 Å². The molecule has 0 aromatic heterocycles. The van der Waals surface area contributed by atoms with Crippen LogP contribution >= 0.6 is 12.2 Å². The number of hydrogen-bond donors (Lipinski definition) is 1. The fourth-order valence-corrected chi connectivity index (χ4v) is 2.67. The lowest BCUT2D eigenvalue weighted by Crippen LogP contribution is -2.18. The summed E-state index contributed by atoms with van der Waals surface area (Å²) in [6.07, 6.45) is 0. The Morgan fingerprint density at radius 2 is 1.67 bits per heavy atom. The van der Waals surface area contributed by atoms with E-state index in [1.165, 1.54) is 27.9 Å². The molecule has 0 aliphatic rings. The van der Waals surface area contributed by atoms with E-state index in [-0.39, 0.29) is 0 Å². The number of rotatable bonds is 4. The Kier molecular flexibility index (Phi) is 4.63. The van der Waals surface area contributed by atoms with Crippen molar-refractivity contribution in [3.05, 3.63) is 64.2 Å². The lowest BCUT2D eigenvalue weighted by molar-refractivity contribution is 0.912. The van der Waals surface area contributed by atoms with E-state index in [9.17, 15) is 0 Å². The molecule has 3 heteroatoms. The van der Waals surface area contributed by atoms with Gasteiger partial charge in [0.2, 0.25) is 0 Å². The van der Waals surface area contributed by atoms with Gasteiger partial charge in [0.25, 0.3) is 0 Å². The SMILES string of the molecule is Cc1cc(C)cc(N(C)Cc2ccc(C(N)=S)cc2C)c1. The van der Waals surface area contributed by atoms with E-state index >= 15 is 0 Å². The number of hydrogen-bond acceptors (Lipinski definition) is 2. The largest absolute Gasteiger partial charge is 0.389 e. The first-order valence-corrected chi connectivity index (χ1v) is 7.46. The van der Waals surface area contributed by atoms with Crippen LogP contribution < -0.4 is 10.6 Å². The molecule has 2 rings (SSSR count). The van der Waals surface area contributed by atoms with Gasteiger partial charge in [0.1, 0.15) is 4.99 Å². The fraction of sp³-hybridized carbons (Fsp3) is 0.278. The minimum Gasteiger partial charge on any atom is -0.389 e. The van der Waals surface area contributed by atoms with Crippen LogP contribution in [0.15, 0.2) is 36.4 Å². The average molecular weight is 298 g/mol. The molecule has 0 bridgehead atoms. The van der Waals surface area contributed by atoms with Gasteiger partial charge >= 0.3 is 0 Å². The number of nitrogens with two attached hydrogens (primary N) is 1. The Bertz CT molecular complexity index is 657. The maximum absolute atomic E-state index is 5.68. The molecular formula is C18H22N2S. The van der Waals surface area contributed by atoms with Crippen molar-refractivity contribution in [1.82, 2.24) is 0 Å². The zero-order valence-corrected chi connectivity index (χ0v) is 13.9. The van der Waals surface area contributed by atoms with Crippen molar-refractivity contribution in [3.63, 3.8) is 0 Å². The Morgan fingerprint density at radius 1 is 1.05 bits per heavy atom. The summed E-state index contributed by atoms with van der Waals surface area (Å²) in [4.78, 5) is 2.72. The van der Waals surface area contributed by atoms with E-state index < -0.39 is 0 Å². The van der Waals surface area contributed by atoms with Gasteiger partial charge in [-0.2, -0.15) is 0 Å². The number of nitrogens with zero attached hydrogens (tertiary/aromatic N) is 1. The van der Waals surface area contributed by atoms with E-state index in [1.54, 1.807) is 0 Å². The Morgan fingerprint density at radius 3 is 2.19 bits per heavy atom. The molecule has 0 aliphatic carbocycles. The molecule has 2 aromatic rings. The minimum atomic E-state index is 0.451. The Hall–Kier alpha value is -1.87. The lowest BCUT2D eigenvalue weighted by atomic mass is 10.0. The van der Waals surface area contributed by atoms with Gasteiger partial charge in [0.05, 0.1) is 0 Å². The summed E-state index contributed by atoms with van der Waals surface area (Å²) in [5, 5.41) is 0. The molecule has 2 nitrogen and oxygen atoms in total. The standard InChI is InChI=1S/C18H22N2S/c1-12-7-13(2)9-17(8-12)20(4)11-16-6-5-15(18(19)21)10-14(16)3/h5-10H,11H2,1-4H3,(H2,19,21). The molecule has 2 N–H and O–H groups in total. The molecule has 21 heavy (non-hydrogen) atoms. The van der Waals surface area contributed by atoms with Gasteiger partial charge in [-0.05, 0) is 61.2 Å². The summed E-state index contributed by atoms with van der Waals surface area (Å²) in [5.74, 6) is 0. The first-order valence-electron chi connectivity index (χ1n) is 7.05. The number of benzene rings is 2. The molecule has 110 valence electrons. The predicted octanol–water partition coefficient (Wildman–Crippen LogP) is 3.88. The second kappa shape index (κ2) is 6.27.